The summed E-state index contributed by atoms with van der Waals surface area (Å²) < 4.78 is 14.9. The summed E-state index contributed by atoms with van der Waals surface area (Å²) in [5, 5.41) is 0. The van der Waals surface area contributed by atoms with Gasteiger partial charge >= 0.3 is 0 Å². The first kappa shape index (κ1) is 18.7. The van der Waals surface area contributed by atoms with Crippen LogP contribution in [0.25, 0.3) is 5.52 Å². The molecule has 0 aliphatic carbocycles. The average Bonchev–Trinajstić information content (AvgIpc) is 3.08. The number of ether oxygens (including phenoxy) is 2. The Balaban J connectivity index is 1.70. The normalized spacial score (nSPS) is 22.5. The van der Waals surface area contributed by atoms with Gasteiger partial charge in [-0.3, -0.25) is 9.20 Å². The standard InChI is InChI=1S/C22H27N3O3/c1-14-12-25-20(11-23-21(25)18-9-15(2)28-16(3)10-18)22(26)24(14)13-17-5-7-19(27-4)8-6-17/h5-8,11-12,15-16,18H,9-10,13H2,1-4H3. The van der Waals surface area contributed by atoms with Crippen LogP contribution in [0, 0.1) is 6.92 Å². The fraction of sp³-hybridized carbons (Fsp3) is 0.455. The summed E-state index contributed by atoms with van der Waals surface area (Å²) in [7, 11) is 1.65. The van der Waals surface area contributed by atoms with E-state index in [-0.39, 0.29) is 17.8 Å². The van der Waals surface area contributed by atoms with Gasteiger partial charge in [0.05, 0.1) is 32.1 Å². The zero-order valence-electron chi connectivity index (χ0n) is 16.9. The number of aromatic nitrogens is 3. The van der Waals surface area contributed by atoms with Crippen LogP contribution in [-0.4, -0.2) is 33.3 Å². The minimum Gasteiger partial charge on any atom is -0.497 e. The first-order chi connectivity index (χ1) is 13.5. The Bertz CT molecular complexity index is 1030. The van der Waals surface area contributed by atoms with Gasteiger partial charge in [-0.15, -0.1) is 0 Å². The molecule has 4 rings (SSSR count). The molecule has 6 heteroatoms. The lowest BCUT2D eigenvalue weighted by Crippen LogP contribution is -2.30. The molecule has 1 aliphatic heterocycles. The second kappa shape index (κ2) is 7.43. The largest absolute Gasteiger partial charge is 0.497 e. The van der Waals surface area contributed by atoms with E-state index in [4.69, 9.17) is 9.47 Å². The van der Waals surface area contributed by atoms with Crippen LogP contribution >= 0.6 is 0 Å². The molecule has 2 unspecified atom stereocenters. The van der Waals surface area contributed by atoms with E-state index in [2.05, 4.69) is 18.8 Å². The van der Waals surface area contributed by atoms with Crippen LogP contribution in [0.2, 0.25) is 0 Å². The molecule has 2 atom stereocenters. The number of methoxy groups -OCH3 is 1. The molecule has 0 N–H and O–H groups in total. The van der Waals surface area contributed by atoms with E-state index in [1.807, 2.05) is 41.8 Å². The summed E-state index contributed by atoms with van der Waals surface area (Å²) in [6.07, 6.45) is 6.02. The van der Waals surface area contributed by atoms with Gasteiger partial charge in [-0.2, -0.15) is 0 Å². The number of hydrogen-bond acceptors (Lipinski definition) is 4. The molecule has 2 aromatic heterocycles. The quantitative estimate of drug-likeness (QED) is 0.694. The molecule has 1 saturated heterocycles. The molecule has 1 aliphatic rings. The van der Waals surface area contributed by atoms with Crippen molar-refractivity contribution < 1.29 is 9.47 Å². The van der Waals surface area contributed by atoms with Crippen molar-refractivity contribution in [1.82, 2.24) is 14.0 Å². The molecular weight excluding hydrogens is 354 g/mol. The number of aryl methyl sites for hydroxylation is 1. The molecule has 0 radical (unpaired) electrons. The van der Waals surface area contributed by atoms with Crippen molar-refractivity contribution in [3.05, 3.63) is 64.1 Å². The number of hydrogen-bond donors (Lipinski definition) is 0. The number of rotatable bonds is 4. The summed E-state index contributed by atoms with van der Waals surface area (Å²) in [5.41, 5.74) is 2.59. The fourth-order valence-corrected chi connectivity index (χ4v) is 4.25. The molecular formula is C22H27N3O3. The van der Waals surface area contributed by atoms with Gasteiger partial charge in [0.25, 0.3) is 5.56 Å². The van der Waals surface area contributed by atoms with Crippen molar-refractivity contribution in [3.8, 4) is 5.75 Å². The lowest BCUT2D eigenvalue weighted by Gasteiger charge is -2.31. The Labute approximate surface area is 164 Å². The third kappa shape index (κ3) is 3.44. The number of imidazole rings is 1. The molecule has 0 spiro atoms. The van der Waals surface area contributed by atoms with Crippen LogP contribution in [-0.2, 0) is 11.3 Å². The highest BCUT2D eigenvalue weighted by molar-refractivity contribution is 5.45. The summed E-state index contributed by atoms with van der Waals surface area (Å²) in [4.78, 5) is 17.8. The summed E-state index contributed by atoms with van der Waals surface area (Å²) >= 11 is 0. The predicted molar refractivity (Wildman–Crippen MR) is 108 cm³/mol. The third-order valence-corrected chi connectivity index (χ3v) is 5.59. The van der Waals surface area contributed by atoms with E-state index >= 15 is 0 Å². The van der Waals surface area contributed by atoms with E-state index in [1.165, 1.54) is 0 Å². The molecule has 28 heavy (non-hydrogen) atoms. The maximum Gasteiger partial charge on any atom is 0.276 e. The molecule has 0 amide bonds. The van der Waals surface area contributed by atoms with Gasteiger partial charge in [-0.05, 0) is 51.3 Å². The molecule has 148 valence electrons. The van der Waals surface area contributed by atoms with E-state index in [0.717, 1.165) is 35.7 Å². The highest BCUT2D eigenvalue weighted by Gasteiger charge is 2.29. The van der Waals surface area contributed by atoms with Gasteiger partial charge in [-0.1, -0.05) is 12.1 Å². The molecule has 1 fully saturated rings. The monoisotopic (exact) mass is 381 g/mol. The summed E-state index contributed by atoms with van der Waals surface area (Å²) in [6, 6.07) is 7.81. The summed E-state index contributed by atoms with van der Waals surface area (Å²) in [5.74, 6) is 2.08. The third-order valence-electron chi connectivity index (χ3n) is 5.59. The van der Waals surface area contributed by atoms with Crippen LogP contribution in [0.1, 0.15) is 49.7 Å². The maximum atomic E-state index is 13.2. The molecule has 0 bridgehead atoms. The van der Waals surface area contributed by atoms with Crippen molar-refractivity contribution in [3.63, 3.8) is 0 Å². The highest BCUT2D eigenvalue weighted by Crippen LogP contribution is 2.32. The van der Waals surface area contributed by atoms with Gasteiger partial charge in [0.2, 0.25) is 0 Å². The smallest absolute Gasteiger partial charge is 0.276 e. The van der Waals surface area contributed by atoms with Gasteiger partial charge in [0.15, 0.2) is 0 Å². The van der Waals surface area contributed by atoms with Crippen molar-refractivity contribution in [2.24, 2.45) is 0 Å². The van der Waals surface area contributed by atoms with Crippen molar-refractivity contribution in [1.29, 1.82) is 0 Å². The molecule has 6 nitrogen and oxygen atoms in total. The molecule has 1 aromatic carbocycles. The van der Waals surface area contributed by atoms with Gasteiger partial charge in [0, 0.05) is 17.8 Å². The topological polar surface area (TPSA) is 57.8 Å². The van der Waals surface area contributed by atoms with Crippen LogP contribution in [0.4, 0.5) is 0 Å². The van der Waals surface area contributed by atoms with Crippen LogP contribution in [0.15, 0.2) is 41.5 Å². The lowest BCUT2D eigenvalue weighted by atomic mass is 9.92. The molecule has 3 heterocycles. The van der Waals surface area contributed by atoms with E-state index < -0.39 is 0 Å². The average molecular weight is 381 g/mol. The second-order valence-corrected chi connectivity index (χ2v) is 7.81. The van der Waals surface area contributed by atoms with Crippen LogP contribution in [0.5, 0.6) is 5.75 Å². The van der Waals surface area contributed by atoms with E-state index in [1.54, 1.807) is 17.9 Å². The van der Waals surface area contributed by atoms with Gasteiger partial charge in [-0.25, -0.2) is 4.98 Å². The Hall–Kier alpha value is -2.60. The Morgan fingerprint density at radius 2 is 1.86 bits per heavy atom. The number of benzene rings is 1. The zero-order chi connectivity index (χ0) is 19.8. The summed E-state index contributed by atoms with van der Waals surface area (Å²) in [6.45, 7) is 6.71. The number of nitrogens with zero attached hydrogens (tertiary/aromatic N) is 3. The lowest BCUT2D eigenvalue weighted by molar-refractivity contribution is -0.0391. The Morgan fingerprint density at radius 3 is 2.50 bits per heavy atom. The first-order valence-electron chi connectivity index (χ1n) is 9.82. The Morgan fingerprint density at radius 1 is 1.18 bits per heavy atom. The van der Waals surface area contributed by atoms with Crippen molar-refractivity contribution in [2.45, 2.75) is 58.3 Å². The van der Waals surface area contributed by atoms with Crippen LogP contribution in [0.3, 0.4) is 0 Å². The minimum absolute atomic E-state index is 0.0114. The van der Waals surface area contributed by atoms with E-state index in [0.29, 0.717) is 18.0 Å². The van der Waals surface area contributed by atoms with Gasteiger partial charge in [0.1, 0.15) is 17.1 Å². The fourth-order valence-electron chi connectivity index (χ4n) is 4.25. The SMILES string of the molecule is COc1ccc(Cn2c(C)cn3c(C4CC(C)OC(C)C4)ncc3c2=O)cc1. The van der Waals surface area contributed by atoms with Crippen molar-refractivity contribution in [2.75, 3.05) is 7.11 Å². The van der Waals surface area contributed by atoms with E-state index in [9.17, 15) is 4.79 Å². The maximum absolute atomic E-state index is 13.2. The van der Waals surface area contributed by atoms with Gasteiger partial charge < -0.3 is 14.0 Å². The second-order valence-electron chi connectivity index (χ2n) is 7.81. The Kier molecular flexibility index (Phi) is 4.98. The van der Waals surface area contributed by atoms with Crippen LogP contribution < -0.4 is 10.3 Å². The van der Waals surface area contributed by atoms with Crippen molar-refractivity contribution >= 4 is 5.52 Å². The molecule has 3 aromatic rings. The minimum atomic E-state index is -0.0114. The number of fused-ring (bicyclic) bond motifs is 1. The first-order valence-corrected chi connectivity index (χ1v) is 9.82. The molecule has 0 saturated carbocycles. The predicted octanol–water partition coefficient (Wildman–Crippen LogP) is 3.53. The highest BCUT2D eigenvalue weighted by atomic mass is 16.5. The zero-order valence-corrected chi connectivity index (χ0v) is 16.9.